The quantitative estimate of drug-likeness (QED) is 0.543. The standard InChI is InChI=1S/C20H21BrN2O6S/c21-15-5-9-18(10-6-15)30(26,27)23-16-7-3-14(4-8-16)20(25)29-13-19(24)22-12-17-2-1-11-28-17/h3-10,17,23H,1-2,11-13H2,(H,22,24). The first-order valence-corrected chi connectivity index (χ1v) is 11.5. The van der Waals surface area contributed by atoms with Gasteiger partial charge in [-0.1, -0.05) is 15.9 Å². The van der Waals surface area contributed by atoms with E-state index >= 15 is 0 Å². The molecule has 8 nitrogen and oxygen atoms in total. The molecule has 3 rings (SSSR count). The average molecular weight is 497 g/mol. The van der Waals surface area contributed by atoms with Crippen LogP contribution in [0.1, 0.15) is 23.2 Å². The Morgan fingerprint density at radius 1 is 1.10 bits per heavy atom. The molecule has 0 saturated carbocycles. The molecule has 0 aromatic heterocycles. The summed E-state index contributed by atoms with van der Waals surface area (Å²) in [5.41, 5.74) is 0.497. The van der Waals surface area contributed by atoms with Gasteiger partial charge in [-0.25, -0.2) is 13.2 Å². The Labute approximate surface area is 183 Å². The van der Waals surface area contributed by atoms with Crippen LogP contribution >= 0.6 is 15.9 Å². The van der Waals surface area contributed by atoms with Crippen LogP contribution in [-0.4, -0.2) is 46.2 Å². The molecular weight excluding hydrogens is 476 g/mol. The van der Waals surface area contributed by atoms with Crippen molar-refractivity contribution in [3.8, 4) is 0 Å². The summed E-state index contributed by atoms with van der Waals surface area (Å²) in [4.78, 5) is 24.0. The average Bonchev–Trinajstić information content (AvgIpc) is 3.25. The fourth-order valence-corrected chi connectivity index (χ4v) is 4.12. The molecule has 2 N–H and O–H groups in total. The highest BCUT2D eigenvalue weighted by Crippen LogP contribution is 2.19. The molecular formula is C20H21BrN2O6S. The summed E-state index contributed by atoms with van der Waals surface area (Å²) in [6, 6.07) is 12.0. The highest BCUT2D eigenvalue weighted by atomic mass is 79.9. The number of carbonyl (C=O) groups is 2. The van der Waals surface area contributed by atoms with E-state index in [0.717, 1.165) is 17.3 Å². The Morgan fingerprint density at radius 3 is 2.43 bits per heavy atom. The van der Waals surface area contributed by atoms with Gasteiger partial charge < -0.3 is 14.8 Å². The lowest BCUT2D eigenvalue weighted by molar-refractivity contribution is -0.124. The van der Waals surface area contributed by atoms with Gasteiger partial charge in [0.1, 0.15) is 0 Å². The van der Waals surface area contributed by atoms with Gasteiger partial charge in [0.05, 0.1) is 16.6 Å². The number of benzene rings is 2. The molecule has 1 aliphatic rings. The minimum Gasteiger partial charge on any atom is -0.452 e. The SMILES string of the molecule is O=C(COC(=O)c1ccc(NS(=O)(=O)c2ccc(Br)cc2)cc1)NCC1CCCO1. The van der Waals surface area contributed by atoms with Crippen LogP contribution in [0.2, 0.25) is 0 Å². The van der Waals surface area contributed by atoms with E-state index in [4.69, 9.17) is 9.47 Å². The van der Waals surface area contributed by atoms with Crippen molar-refractivity contribution in [1.82, 2.24) is 5.32 Å². The Balaban J connectivity index is 1.50. The summed E-state index contributed by atoms with van der Waals surface area (Å²) in [5.74, 6) is -1.08. The molecule has 10 heteroatoms. The second kappa shape index (κ2) is 10.1. The van der Waals surface area contributed by atoms with E-state index in [0.29, 0.717) is 18.8 Å². The lowest BCUT2D eigenvalue weighted by Gasteiger charge is -2.11. The molecule has 1 heterocycles. The van der Waals surface area contributed by atoms with Crippen molar-refractivity contribution in [1.29, 1.82) is 0 Å². The van der Waals surface area contributed by atoms with E-state index in [1.165, 1.54) is 36.4 Å². The third-order valence-corrected chi connectivity index (χ3v) is 6.31. The zero-order chi connectivity index (χ0) is 21.6. The fraction of sp³-hybridized carbons (Fsp3) is 0.300. The summed E-state index contributed by atoms with van der Waals surface area (Å²) in [5, 5.41) is 2.66. The third kappa shape index (κ3) is 6.28. The maximum Gasteiger partial charge on any atom is 0.338 e. The van der Waals surface area contributed by atoms with Crippen molar-refractivity contribution in [3.63, 3.8) is 0 Å². The zero-order valence-corrected chi connectivity index (χ0v) is 18.4. The maximum atomic E-state index is 12.4. The number of halogens is 1. The van der Waals surface area contributed by atoms with Gasteiger partial charge in [0, 0.05) is 23.3 Å². The first-order valence-electron chi connectivity index (χ1n) is 9.27. The maximum absolute atomic E-state index is 12.4. The number of hydrogen-bond acceptors (Lipinski definition) is 6. The summed E-state index contributed by atoms with van der Waals surface area (Å²) in [6.07, 6.45) is 1.89. The molecule has 1 unspecified atom stereocenters. The highest BCUT2D eigenvalue weighted by Gasteiger charge is 2.17. The van der Waals surface area contributed by atoms with E-state index in [-0.39, 0.29) is 16.6 Å². The lowest BCUT2D eigenvalue weighted by Crippen LogP contribution is -2.34. The largest absolute Gasteiger partial charge is 0.452 e. The van der Waals surface area contributed by atoms with Crippen molar-refractivity contribution in [2.75, 3.05) is 24.5 Å². The van der Waals surface area contributed by atoms with E-state index in [2.05, 4.69) is 26.0 Å². The van der Waals surface area contributed by atoms with E-state index in [9.17, 15) is 18.0 Å². The Kier molecular flexibility index (Phi) is 7.46. The molecule has 0 radical (unpaired) electrons. The van der Waals surface area contributed by atoms with Crippen LogP contribution in [0.15, 0.2) is 57.9 Å². The summed E-state index contributed by atoms with van der Waals surface area (Å²) in [7, 11) is -3.75. The van der Waals surface area contributed by atoms with Crippen LogP contribution in [0.3, 0.4) is 0 Å². The molecule has 30 heavy (non-hydrogen) atoms. The molecule has 1 amide bonds. The number of hydrogen-bond donors (Lipinski definition) is 2. The molecule has 0 aliphatic carbocycles. The molecule has 160 valence electrons. The highest BCUT2D eigenvalue weighted by molar-refractivity contribution is 9.10. The normalized spacial score (nSPS) is 16.1. The third-order valence-electron chi connectivity index (χ3n) is 4.38. The summed E-state index contributed by atoms with van der Waals surface area (Å²) >= 11 is 3.26. The fourth-order valence-electron chi connectivity index (χ4n) is 2.80. The van der Waals surface area contributed by atoms with Crippen LogP contribution in [0.4, 0.5) is 5.69 Å². The number of esters is 1. The number of rotatable bonds is 8. The van der Waals surface area contributed by atoms with Crippen LogP contribution in [0.5, 0.6) is 0 Å². The molecule has 0 bridgehead atoms. The Morgan fingerprint density at radius 2 is 1.80 bits per heavy atom. The van der Waals surface area contributed by atoms with Crippen molar-refractivity contribution in [2.24, 2.45) is 0 Å². The van der Waals surface area contributed by atoms with Crippen LogP contribution < -0.4 is 10.0 Å². The first kappa shape index (κ1) is 22.3. The predicted molar refractivity (Wildman–Crippen MR) is 114 cm³/mol. The second-order valence-corrected chi connectivity index (χ2v) is 9.25. The molecule has 1 aliphatic heterocycles. The Bertz CT molecular complexity index is 987. The first-order chi connectivity index (χ1) is 14.3. The number of anilines is 1. The monoisotopic (exact) mass is 496 g/mol. The molecule has 1 fully saturated rings. The topological polar surface area (TPSA) is 111 Å². The van der Waals surface area contributed by atoms with Gasteiger partial charge in [0.25, 0.3) is 15.9 Å². The van der Waals surface area contributed by atoms with Gasteiger partial charge in [-0.2, -0.15) is 0 Å². The molecule has 1 saturated heterocycles. The van der Waals surface area contributed by atoms with Crippen molar-refractivity contribution in [3.05, 3.63) is 58.6 Å². The lowest BCUT2D eigenvalue weighted by atomic mass is 10.2. The van der Waals surface area contributed by atoms with Gasteiger partial charge in [0.15, 0.2) is 6.61 Å². The summed E-state index contributed by atoms with van der Waals surface area (Å²) < 4.78 is 38.4. The van der Waals surface area contributed by atoms with Gasteiger partial charge in [-0.15, -0.1) is 0 Å². The predicted octanol–water partition coefficient (Wildman–Crippen LogP) is 2.70. The molecule has 2 aromatic carbocycles. The van der Waals surface area contributed by atoms with Gasteiger partial charge in [0.2, 0.25) is 0 Å². The smallest absolute Gasteiger partial charge is 0.338 e. The van der Waals surface area contributed by atoms with E-state index < -0.39 is 28.5 Å². The minimum absolute atomic E-state index is 0.0124. The number of amides is 1. The number of nitrogens with one attached hydrogen (secondary N) is 2. The van der Waals surface area contributed by atoms with Crippen molar-refractivity contribution in [2.45, 2.75) is 23.8 Å². The van der Waals surface area contributed by atoms with Gasteiger partial charge in [-0.05, 0) is 61.4 Å². The van der Waals surface area contributed by atoms with E-state index in [1.54, 1.807) is 12.1 Å². The van der Waals surface area contributed by atoms with Crippen molar-refractivity contribution >= 4 is 43.5 Å². The zero-order valence-electron chi connectivity index (χ0n) is 16.0. The van der Waals surface area contributed by atoms with Crippen LogP contribution in [0, 0.1) is 0 Å². The van der Waals surface area contributed by atoms with Crippen LogP contribution in [-0.2, 0) is 24.3 Å². The summed E-state index contributed by atoms with van der Waals surface area (Å²) in [6.45, 7) is 0.692. The van der Waals surface area contributed by atoms with Gasteiger partial charge >= 0.3 is 5.97 Å². The van der Waals surface area contributed by atoms with Crippen molar-refractivity contribution < 1.29 is 27.5 Å². The Hall–Kier alpha value is -2.43. The molecule has 0 spiro atoms. The molecule has 1 atom stereocenters. The number of sulfonamides is 1. The van der Waals surface area contributed by atoms with Gasteiger partial charge in [-0.3, -0.25) is 9.52 Å². The second-order valence-electron chi connectivity index (χ2n) is 6.65. The van der Waals surface area contributed by atoms with E-state index in [1.807, 2.05) is 0 Å². The number of carbonyl (C=O) groups excluding carboxylic acids is 2. The number of ether oxygens (including phenoxy) is 2. The minimum atomic E-state index is -3.75. The molecule has 2 aromatic rings. The van der Waals surface area contributed by atoms with Crippen LogP contribution in [0.25, 0.3) is 0 Å².